The van der Waals surface area contributed by atoms with Crippen molar-refractivity contribution in [1.29, 1.82) is 0 Å². The minimum absolute atomic E-state index is 0.685. The molecule has 0 saturated heterocycles. The highest BCUT2D eigenvalue weighted by atomic mass is 32.1. The fraction of sp³-hybridized carbons (Fsp3) is 0.250. The van der Waals surface area contributed by atoms with Gasteiger partial charge in [-0.25, -0.2) is 0 Å². The number of unbranched alkanes of at least 4 members (excludes halogenated alkanes) is 6. The van der Waals surface area contributed by atoms with E-state index in [-0.39, 0.29) is 0 Å². The summed E-state index contributed by atoms with van der Waals surface area (Å²) in [6, 6.07) is 27.1. The van der Waals surface area contributed by atoms with Gasteiger partial charge in [0.25, 0.3) is 0 Å². The van der Waals surface area contributed by atoms with Gasteiger partial charge >= 0.3 is 0 Å². The fourth-order valence-corrected chi connectivity index (χ4v) is 19.9. The summed E-state index contributed by atoms with van der Waals surface area (Å²) in [5.74, 6) is 0. The van der Waals surface area contributed by atoms with Crippen LogP contribution in [0.2, 0.25) is 0 Å². The predicted molar refractivity (Wildman–Crippen MR) is 286 cm³/mol. The number of thiophene rings is 6. The summed E-state index contributed by atoms with van der Waals surface area (Å²) in [6.45, 7) is 4.54. The number of nitrogen functional groups attached to an aromatic ring is 2. The lowest BCUT2D eigenvalue weighted by atomic mass is 10.0. The second-order valence-electron chi connectivity index (χ2n) is 16.3. The minimum Gasteiger partial charge on any atom is -0.398 e. The average Bonchev–Trinajstić information content (AvgIpc) is 4.13. The minimum atomic E-state index is -0.685. The maximum absolute atomic E-state index is 6.97. The van der Waals surface area contributed by atoms with E-state index in [9.17, 15) is 0 Å². The monoisotopic (exact) mass is 988 g/mol. The molecule has 0 bridgehead atoms. The first-order valence-corrected chi connectivity index (χ1v) is 29.5. The molecule has 0 spiro atoms. The second kappa shape index (κ2) is 17.8. The Labute approximate surface area is 401 Å². The van der Waals surface area contributed by atoms with Gasteiger partial charge in [0, 0.05) is 92.2 Å². The first-order chi connectivity index (χ1) is 30.9. The van der Waals surface area contributed by atoms with Crippen molar-refractivity contribution in [3.05, 3.63) is 82.6 Å². The van der Waals surface area contributed by atoms with Crippen LogP contribution in [-0.2, 0) is 12.8 Å². The van der Waals surface area contributed by atoms with E-state index in [0.717, 1.165) is 78.3 Å². The number of aromatic nitrogens is 4. The molecule has 10 aromatic rings. The van der Waals surface area contributed by atoms with Crippen LogP contribution in [0.4, 0.5) is 11.4 Å². The molecule has 318 valence electrons. The van der Waals surface area contributed by atoms with Crippen LogP contribution in [0, 0.1) is 0 Å². The van der Waals surface area contributed by atoms with Gasteiger partial charge < -0.3 is 11.5 Å². The van der Waals surface area contributed by atoms with Crippen molar-refractivity contribution in [2.24, 2.45) is 0 Å². The van der Waals surface area contributed by atoms with Gasteiger partial charge in [-0.05, 0) is 109 Å². The van der Waals surface area contributed by atoms with Gasteiger partial charge in [0.15, 0.2) is 0 Å². The first kappa shape index (κ1) is 41.8. The number of fused-ring (bicyclic) bond motifs is 5. The smallest absolute Gasteiger partial charge is 0.116 e. The molecule has 15 heteroatoms. The second-order valence-corrected chi connectivity index (χ2v) is 25.8. The van der Waals surface area contributed by atoms with Crippen LogP contribution in [0.3, 0.4) is 0 Å². The van der Waals surface area contributed by atoms with Crippen molar-refractivity contribution in [3.8, 4) is 71.0 Å². The quantitative estimate of drug-likeness (QED) is 0.0568. The molecule has 0 amide bonds. The Balaban J connectivity index is 0.853. The van der Waals surface area contributed by atoms with E-state index in [1.54, 1.807) is 22.7 Å². The van der Waals surface area contributed by atoms with E-state index >= 15 is 0 Å². The number of anilines is 2. The van der Waals surface area contributed by atoms with Crippen molar-refractivity contribution < 1.29 is 0 Å². The Bertz CT molecular complexity index is 3040. The lowest BCUT2D eigenvalue weighted by molar-refractivity contribution is 0.670. The van der Waals surface area contributed by atoms with E-state index in [2.05, 4.69) is 86.6 Å². The maximum atomic E-state index is 6.97. The number of hydrogen-bond donors (Lipinski definition) is 2. The van der Waals surface area contributed by atoms with Crippen molar-refractivity contribution in [1.82, 2.24) is 17.5 Å². The number of benzene rings is 2. The zero-order valence-corrected chi connectivity index (χ0v) is 42.9. The maximum Gasteiger partial charge on any atom is 0.116 e. The molecule has 6 nitrogen and oxygen atoms in total. The molecule has 0 atom stereocenters. The summed E-state index contributed by atoms with van der Waals surface area (Å²) in [5, 5.41) is 2.98. The average molecular weight is 990 g/mol. The molecule has 0 fully saturated rings. The third-order valence-electron chi connectivity index (χ3n) is 11.9. The standard InChI is InChI=1S/C48H44N6S8Si/c1-3-5-7-9-11-25-13-15-31(55-25)33-17-19-35(57-33)41-29(49)21-27(43-45(41)53-61-51-43)37-23-39-47(59-37)48-40(63-39)24-38(60-48)28-22-30(50)42(46-44(28)52-62-54-46)36-20-18-34(58-36)32-16-14-26(56-32)12-10-8-6-4-2/h13-24H,3-12,49-50,63H2,1-2H3. The number of nitrogens with two attached hydrogens (primary N) is 2. The highest BCUT2D eigenvalue weighted by Crippen LogP contribution is 2.49. The molecule has 4 N–H and O–H groups in total. The van der Waals surface area contributed by atoms with Crippen LogP contribution in [-0.4, -0.2) is 27.0 Å². The van der Waals surface area contributed by atoms with Crippen LogP contribution < -0.4 is 21.8 Å². The van der Waals surface area contributed by atoms with Crippen LogP contribution in [0.1, 0.15) is 75.0 Å². The zero-order chi connectivity index (χ0) is 42.6. The summed E-state index contributed by atoms with van der Waals surface area (Å²) in [5.41, 5.74) is 23.2. The topological polar surface area (TPSA) is 104 Å². The molecule has 0 radical (unpaired) electrons. The van der Waals surface area contributed by atoms with E-state index in [1.165, 1.54) is 134 Å². The van der Waals surface area contributed by atoms with Crippen LogP contribution in [0.5, 0.6) is 0 Å². The van der Waals surface area contributed by atoms with Gasteiger partial charge in [-0.2, -0.15) is 17.5 Å². The summed E-state index contributed by atoms with van der Waals surface area (Å²) >= 11 is 13.7. The predicted octanol–water partition coefficient (Wildman–Crippen LogP) is 14.6. The third-order valence-corrected chi connectivity index (χ3v) is 22.9. The van der Waals surface area contributed by atoms with Crippen LogP contribution in [0.15, 0.2) is 72.8 Å². The Morgan fingerprint density at radius 1 is 0.429 bits per heavy atom. The number of nitrogens with zero attached hydrogens (tertiary/aromatic N) is 4. The molecule has 63 heavy (non-hydrogen) atoms. The largest absolute Gasteiger partial charge is 0.398 e. The van der Waals surface area contributed by atoms with Crippen molar-refractivity contribution in [2.75, 3.05) is 11.5 Å². The van der Waals surface area contributed by atoms with E-state index < -0.39 is 9.52 Å². The normalized spacial score (nSPS) is 12.3. The molecule has 8 aromatic heterocycles. The van der Waals surface area contributed by atoms with Gasteiger partial charge in [-0.1, -0.05) is 52.4 Å². The highest BCUT2D eigenvalue weighted by Gasteiger charge is 2.29. The Morgan fingerprint density at radius 3 is 1.30 bits per heavy atom. The van der Waals surface area contributed by atoms with Crippen molar-refractivity contribution in [2.45, 2.75) is 78.1 Å². The third kappa shape index (κ3) is 7.90. The first-order valence-electron chi connectivity index (χ1n) is 21.7. The van der Waals surface area contributed by atoms with E-state index in [4.69, 9.17) is 29.0 Å². The molecule has 2 aromatic carbocycles. The number of rotatable bonds is 16. The van der Waals surface area contributed by atoms with E-state index in [1.807, 2.05) is 45.3 Å². The molecule has 0 aliphatic carbocycles. The Morgan fingerprint density at radius 2 is 0.841 bits per heavy atom. The molecular weight excluding hydrogens is 945 g/mol. The van der Waals surface area contributed by atoms with Crippen molar-refractivity contribution in [3.63, 3.8) is 0 Å². The molecule has 1 aliphatic rings. The van der Waals surface area contributed by atoms with Crippen LogP contribution >= 0.6 is 91.5 Å². The van der Waals surface area contributed by atoms with Gasteiger partial charge in [0.2, 0.25) is 0 Å². The molecule has 11 rings (SSSR count). The fourth-order valence-electron chi connectivity index (χ4n) is 8.74. The van der Waals surface area contributed by atoms with Gasteiger partial charge in [0.05, 0.1) is 33.0 Å². The SMILES string of the molecule is CCCCCCc1ccc(-c2ccc(-c3c(N)cc(-c4cc5c(s4)-c4sc(-c6cc(N)c(-c7ccc(-c8ccc(CCCCCC)s8)s7)c7nsnc67)cc4[SiH2]5)c4nsnc34)s2)s1. The summed E-state index contributed by atoms with van der Waals surface area (Å²) < 4.78 is 19.5. The van der Waals surface area contributed by atoms with Gasteiger partial charge in [-0.15, -0.1) is 68.0 Å². The summed E-state index contributed by atoms with van der Waals surface area (Å²) in [4.78, 5) is 15.6. The zero-order valence-electron chi connectivity index (χ0n) is 34.9. The summed E-state index contributed by atoms with van der Waals surface area (Å²) in [7, 11) is -0.685. The molecule has 1 aliphatic heterocycles. The van der Waals surface area contributed by atoms with E-state index in [0.29, 0.717) is 0 Å². The molecule has 0 saturated carbocycles. The molecular formula is C48H44N6S8Si. The highest BCUT2D eigenvalue weighted by molar-refractivity contribution is 7.29. The van der Waals surface area contributed by atoms with Gasteiger partial charge in [-0.3, -0.25) is 0 Å². The van der Waals surface area contributed by atoms with Gasteiger partial charge in [0.1, 0.15) is 22.1 Å². The lowest BCUT2D eigenvalue weighted by Gasteiger charge is -2.08. The lowest BCUT2D eigenvalue weighted by Crippen LogP contribution is -2.18. The number of aryl methyl sites for hydroxylation is 2. The summed E-state index contributed by atoms with van der Waals surface area (Å²) in [6.07, 6.45) is 12.6. The van der Waals surface area contributed by atoms with Crippen molar-refractivity contribution >= 4 is 145 Å². The molecule has 0 unspecified atom stereocenters. The molecule has 9 heterocycles. The van der Waals surface area contributed by atoms with Crippen LogP contribution in [0.25, 0.3) is 93.1 Å². The Hall–Kier alpha value is -3.90. The number of hydrogen-bond acceptors (Lipinski definition) is 14. The Kier molecular flexibility index (Phi) is 11.8.